The molecule has 1 fully saturated rings. The number of amides is 1. The Morgan fingerprint density at radius 3 is 2.46 bits per heavy atom. The fraction of sp³-hybridized carbons (Fsp3) is 0.103. The van der Waals surface area contributed by atoms with E-state index in [0.29, 0.717) is 10.8 Å². The van der Waals surface area contributed by atoms with Crippen molar-refractivity contribution in [2.75, 3.05) is 4.90 Å². The first-order valence-corrected chi connectivity index (χ1v) is 12.5. The van der Waals surface area contributed by atoms with Gasteiger partial charge < -0.3 is 4.74 Å². The molecule has 0 spiro atoms. The number of ether oxygens (including phenoxy) is 1. The summed E-state index contributed by atoms with van der Waals surface area (Å²) in [5.74, 6) is 0.571. The molecule has 0 aliphatic carbocycles. The van der Waals surface area contributed by atoms with Crippen LogP contribution in [0.4, 0.5) is 5.69 Å². The number of carbonyl (C=O) groups is 1. The van der Waals surface area contributed by atoms with Gasteiger partial charge in [-0.25, -0.2) is 4.98 Å². The van der Waals surface area contributed by atoms with Gasteiger partial charge in [-0.1, -0.05) is 65.7 Å². The number of carbonyl (C=O) groups excluding carboxylic acids is 1. The second-order valence-corrected chi connectivity index (χ2v) is 10.1. The lowest BCUT2D eigenvalue weighted by molar-refractivity contribution is -0.135. The van der Waals surface area contributed by atoms with Crippen molar-refractivity contribution in [2.24, 2.45) is 0 Å². The molecule has 35 heavy (non-hydrogen) atoms. The molecule has 2 heterocycles. The van der Waals surface area contributed by atoms with E-state index in [9.17, 15) is 4.79 Å². The molecule has 6 rings (SSSR count). The summed E-state index contributed by atoms with van der Waals surface area (Å²) in [7, 11) is 0. The standard InChI is InChI=1S/C29H21ClN2O2S/c1-18-9-15-22(16-10-18)32-26(19-11-13-21(30)14-12-19)27(29(32)33)34-23-6-4-5-20(17-23)28-31-24-7-2-3-8-25(24)35-28/h2-17,26-27H,1H3/t26-,27+/m0/s1. The third-order valence-corrected chi connectivity index (χ3v) is 7.54. The Kier molecular flexibility index (Phi) is 5.51. The monoisotopic (exact) mass is 496 g/mol. The molecule has 2 atom stereocenters. The number of nitrogens with zero attached hydrogens (tertiary/aromatic N) is 2. The molecule has 0 unspecified atom stereocenters. The van der Waals surface area contributed by atoms with Crippen molar-refractivity contribution in [3.05, 3.63) is 113 Å². The van der Waals surface area contributed by atoms with E-state index in [1.54, 1.807) is 16.2 Å². The first-order valence-electron chi connectivity index (χ1n) is 11.3. The first-order chi connectivity index (χ1) is 17.1. The fourth-order valence-electron chi connectivity index (χ4n) is 4.40. The van der Waals surface area contributed by atoms with E-state index in [-0.39, 0.29) is 11.9 Å². The Balaban J connectivity index is 1.32. The highest BCUT2D eigenvalue weighted by atomic mass is 35.5. The molecule has 5 aromatic rings. The van der Waals surface area contributed by atoms with Crippen LogP contribution >= 0.6 is 22.9 Å². The summed E-state index contributed by atoms with van der Waals surface area (Å²) < 4.78 is 7.46. The van der Waals surface area contributed by atoms with Crippen LogP contribution in [0.5, 0.6) is 5.75 Å². The number of rotatable bonds is 5. The zero-order chi connectivity index (χ0) is 23.9. The molecule has 4 nitrogen and oxygen atoms in total. The average Bonchev–Trinajstić information content (AvgIpc) is 3.32. The SMILES string of the molecule is Cc1ccc(N2C(=O)[C@H](Oc3cccc(-c4nc5ccccc5s4)c3)[C@@H]2c2ccc(Cl)cc2)cc1. The van der Waals surface area contributed by atoms with Crippen LogP contribution in [-0.2, 0) is 4.79 Å². The highest BCUT2D eigenvalue weighted by Gasteiger charge is 2.51. The van der Waals surface area contributed by atoms with Crippen LogP contribution in [0.1, 0.15) is 17.2 Å². The lowest BCUT2D eigenvalue weighted by Crippen LogP contribution is -2.61. The molecule has 1 amide bonds. The topological polar surface area (TPSA) is 42.4 Å². The van der Waals surface area contributed by atoms with E-state index < -0.39 is 6.10 Å². The Morgan fingerprint density at radius 2 is 1.69 bits per heavy atom. The number of fused-ring (bicyclic) bond motifs is 1. The minimum Gasteiger partial charge on any atom is -0.478 e. The van der Waals surface area contributed by atoms with E-state index >= 15 is 0 Å². The molecule has 1 aromatic heterocycles. The number of thiazole rings is 1. The number of para-hydroxylation sites is 1. The van der Waals surface area contributed by atoms with Crippen molar-refractivity contribution < 1.29 is 9.53 Å². The van der Waals surface area contributed by atoms with Crippen LogP contribution in [0.2, 0.25) is 5.02 Å². The zero-order valence-electron chi connectivity index (χ0n) is 18.9. The lowest BCUT2D eigenvalue weighted by Gasteiger charge is -2.46. The quantitative estimate of drug-likeness (QED) is 0.237. The smallest absolute Gasteiger partial charge is 0.271 e. The molecule has 0 bridgehead atoms. The minimum atomic E-state index is -0.636. The normalized spacial score (nSPS) is 17.4. The van der Waals surface area contributed by atoms with Crippen molar-refractivity contribution in [3.63, 3.8) is 0 Å². The van der Waals surface area contributed by atoms with Crippen molar-refractivity contribution in [3.8, 4) is 16.3 Å². The second-order valence-electron chi connectivity index (χ2n) is 8.59. The van der Waals surface area contributed by atoms with Crippen molar-refractivity contribution in [1.82, 2.24) is 4.98 Å². The second kappa shape index (κ2) is 8.84. The van der Waals surface area contributed by atoms with E-state index in [2.05, 4.69) is 6.07 Å². The van der Waals surface area contributed by atoms with Crippen molar-refractivity contribution in [1.29, 1.82) is 0 Å². The van der Waals surface area contributed by atoms with Gasteiger partial charge in [-0.2, -0.15) is 0 Å². The number of halogens is 1. The predicted octanol–water partition coefficient (Wildman–Crippen LogP) is 7.46. The molecule has 0 N–H and O–H groups in total. The van der Waals surface area contributed by atoms with Gasteiger partial charge in [-0.15, -0.1) is 11.3 Å². The summed E-state index contributed by atoms with van der Waals surface area (Å²) in [5.41, 5.74) is 4.91. The van der Waals surface area contributed by atoms with Crippen LogP contribution < -0.4 is 9.64 Å². The number of β-lactam (4-membered cyclic amide) rings is 1. The van der Waals surface area contributed by atoms with Crippen LogP contribution in [0, 0.1) is 6.92 Å². The molecule has 0 radical (unpaired) electrons. The number of benzene rings is 4. The number of anilines is 1. The molecule has 4 aromatic carbocycles. The molecule has 1 aliphatic heterocycles. The summed E-state index contributed by atoms with van der Waals surface area (Å²) in [5, 5.41) is 1.58. The van der Waals surface area contributed by atoms with Gasteiger partial charge in [0.15, 0.2) is 0 Å². The average molecular weight is 497 g/mol. The minimum absolute atomic E-state index is 0.0702. The Hall–Kier alpha value is -3.67. The summed E-state index contributed by atoms with van der Waals surface area (Å²) in [4.78, 5) is 19.9. The molecule has 6 heteroatoms. The fourth-order valence-corrected chi connectivity index (χ4v) is 5.49. The van der Waals surface area contributed by atoms with Crippen molar-refractivity contribution >= 4 is 44.7 Å². The van der Waals surface area contributed by atoms with E-state index in [1.807, 2.05) is 97.9 Å². The number of aromatic nitrogens is 1. The van der Waals surface area contributed by atoms with Gasteiger partial charge in [-0.3, -0.25) is 9.69 Å². The lowest BCUT2D eigenvalue weighted by atomic mass is 9.89. The van der Waals surface area contributed by atoms with E-state index in [1.165, 1.54) is 0 Å². The third-order valence-electron chi connectivity index (χ3n) is 6.21. The third kappa shape index (κ3) is 4.07. The maximum atomic E-state index is 13.3. The molecule has 0 saturated carbocycles. The number of aryl methyl sites for hydroxylation is 1. The van der Waals surface area contributed by atoms with Gasteiger partial charge in [0.25, 0.3) is 5.91 Å². The molecule has 172 valence electrons. The Bertz CT molecular complexity index is 1500. The Labute approximate surface area is 212 Å². The Morgan fingerprint density at radius 1 is 0.914 bits per heavy atom. The van der Waals surface area contributed by atoms with Crippen molar-refractivity contribution in [2.45, 2.75) is 19.1 Å². The van der Waals surface area contributed by atoms with Gasteiger partial charge in [0.1, 0.15) is 16.8 Å². The van der Waals surface area contributed by atoms with Crippen LogP contribution in [0.3, 0.4) is 0 Å². The maximum Gasteiger partial charge on any atom is 0.271 e. The largest absolute Gasteiger partial charge is 0.478 e. The van der Waals surface area contributed by atoms with Gasteiger partial charge in [0, 0.05) is 16.3 Å². The van der Waals surface area contributed by atoms with Gasteiger partial charge in [-0.05, 0) is 61.0 Å². The summed E-state index contributed by atoms with van der Waals surface area (Å²) >= 11 is 7.77. The summed E-state index contributed by atoms with van der Waals surface area (Å²) in [6.45, 7) is 2.03. The number of hydrogen-bond donors (Lipinski definition) is 0. The highest BCUT2D eigenvalue weighted by Crippen LogP contribution is 2.42. The molecule has 1 aliphatic rings. The molecular weight excluding hydrogens is 476 g/mol. The first kappa shape index (κ1) is 21.8. The number of hydrogen-bond acceptors (Lipinski definition) is 4. The van der Waals surface area contributed by atoms with E-state index in [4.69, 9.17) is 21.3 Å². The zero-order valence-corrected chi connectivity index (χ0v) is 20.5. The van der Waals surface area contributed by atoms with Crippen LogP contribution in [0.25, 0.3) is 20.8 Å². The van der Waals surface area contributed by atoms with E-state index in [0.717, 1.165) is 37.6 Å². The van der Waals surface area contributed by atoms with Gasteiger partial charge in [0.2, 0.25) is 6.10 Å². The van der Waals surface area contributed by atoms with Crippen LogP contribution in [0.15, 0.2) is 97.1 Å². The molecule has 1 saturated heterocycles. The molecular formula is C29H21ClN2O2S. The highest BCUT2D eigenvalue weighted by molar-refractivity contribution is 7.21. The predicted molar refractivity (Wildman–Crippen MR) is 142 cm³/mol. The summed E-state index contributed by atoms with van der Waals surface area (Å²) in [6, 6.07) is 31.2. The van der Waals surface area contributed by atoms with Crippen LogP contribution in [-0.4, -0.2) is 17.0 Å². The van der Waals surface area contributed by atoms with Gasteiger partial charge >= 0.3 is 0 Å². The van der Waals surface area contributed by atoms with Gasteiger partial charge in [0.05, 0.1) is 10.2 Å². The maximum absolute atomic E-state index is 13.3. The summed E-state index contributed by atoms with van der Waals surface area (Å²) in [6.07, 6.45) is -0.636.